The minimum atomic E-state index is -1.30. The van der Waals surface area contributed by atoms with Crippen LogP contribution < -0.4 is 27.4 Å². The van der Waals surface area contributed by atoms with Crippen molar-refractivity contribution in [3.05, 3.63) is 36.0 Å². The molecule has 0 saturated heterocycles. The fourth-order valence-electron chi connectivity index (χ4n) is 3.52. The number of nitrogens with two attached hydrogens (primary N) is 2. The van der Waals surface area contributed by atoms with Crippen molar-refractivity contribution < 1.29 is 29.1 Å². The van der Waals surface area contributed by atoms with Gasteiger partial charge in [-0.25, -0.2) is 4.79 Å². The number of nitrogens with one attached hydrogen (secondary N) is 4. The summed E-state index contributed by atoms with van der Waals surface area (Å²) >= 11 is 0. The predicted octanol–water partition coefficient (Wildman–Crippen LogP) is -0.482. The Morgan fingerprint density at radius 1 is 0.944 bits per heavy atom. The van der Waals surface area contributed by atoms with E-state index < -0.39 is 53.8 Å². The maximum Gasteiger partial charge on any atom is 0.326 e. The SMILES string of the molecule is CC(NC(=O)C(N)C(C)C)C(=O)NC(CCC(N)=O)C(=O)NC(Cc1c[nH]c2ccccc12)C(=O)O. The molecule has 196 valence electrons. The molecular weight excluding hydrogens is 468 g/mol. The zero-order valence-electron chi connectivity index (χ0n) is 20.5. The fourth-order valence-corrected chi connectivity index (χ4v) is 3.52. The number of aromatic amines is 1. The topological polar surface area (TPSA) is 209 Å². The minimum Gasteiger partial charge on any atom is -0.480 e. The highest BCUT2D eigenvalue weighted by Crippen LogP contribution is 2.19. The average molecular weight is 503 g/mol. The van der Waals surface area contributed by atoms with Gasteiger partial charge in [0.05, 0.1) is 6.04 Å². The minimum absolute atomic E-state index is 0.0128. The van der Waals surface area contributed by atoms with E-state index in [2.05, 4.69) is 20.9 Å². The molecule has 2 rings (SSSR count). The lowest BCUT2D eigenvalue weighted by Gasteiger charge is -2.24. The Hall–Kier alpha value is -3.93. The molecule has 2 aromatic rings. The third-order valence-electron chi connectivity index (χ3n) is 5.80. The van der Waals surface area contributed by atoms with Gasteiger partial charge in [0, 0.05) is 29.9 Å². The third-order valence-corrected chi connectivity index (χ3v) is 5.80. The summed E-state index contributed by atoms with van der Waals surface area (Å²) in [4.78, 5) is 64.1. The number of fused-ring (bicyclic) bond motifs is 1. The van der Waals surface area contributed by atoms with Crippen molar-refractivity contribution in [3.8, 4) is 0 Å². The van der Waals surface area contributed by atoms with Crippen molar-refractivity contribution in [1.82, 2.24) is 20.9 Å². The van der Waals surface area contributed by atoms with Gasteiger partial charge in [-0.15, -0.1) is 0 Å². The lowest BCUT2D eigenvalue weighted by Crippen LogP contribution is -2.57. The summed E-state index contributed by atoms with van der Waals surface area (Å²) in [5.41, 5.74) is 12.5. The molecule has 0 bridgehead atoms. The van der Waals surface area contributed by atoms with Crippen LogP contribution in [0.1, 0.15) is 39.2 Å². The van der Waals surface area contributed by atoms with Gasteiger partial charge in [-0.3, -0.25) is 19.2 Å². The molecule has 1 heterocycles. The largest absolute Gasteiger partial charge is 0.480 e. The lowest BCUT2D eigenvalue weighted by molar-refractivity contribution is -0.142. The molecule has 36 heavy (non-hydrogen) atoms. The average Bonchev–Trinajstić information content (AvgIpc) is 3.22. The highest BCUT2D eigenvalue weighted by molar-refractivity contribution is 5.94. The van der Waals surface area contributed by atoms with Crippen LogP contribution in [0, 0.1) is 5.92 Å². The summed E-state index contributed by atoms with van der Waals surface area (Å²) in [5, 5.41) is 17.9. The van der Waals surface area contributed by atoms with E-state index >= 15 is 0 Å². The molecule has 0 fully saturated rings. The van der Waals surface area contributed by atoms with E-state index in [0.717, 1.165) is 10.9 Å². The molecule has 0 radical (unpaired) electrons. The maximum absolute atomic E-state index is 13.0. The summed E-state index contributed by atoms with van der Waals surface area (Å²) < 4.78 is 0. The highest BCUT2D eigenvalue weighted by atomic mass is 16.4. The van der Waals surface area contributed by atoms with Gasteiger partial charge in [-0.05, 0) is 30.9 Å². The Balaban J connectivity index is 2.12. The number of carbonyl (C=O) groups excluding carboxylic acids is 4. The zero-order valence-corrected chi connectivity index (χ0v) is 20.5. The van der Waals surface area contributed by atoms with E-state index in [4.69, 9.17) is 11.5 Å². The molecule has 4 atom stereocenters. The number of aromatic nitrogens is 1. The van der Waals surface area contributed by atoms with Crippen LogP contribution in [-0.2, 0) is 30.4 Å². The van der Waals surface area contributed by atoms with E-state index in [-0.39, 0.29) is 25.2 Å². The number of benzene rings is 1. The molecule has 0 aliphatic heterocycles. The quantitative estimate of drug-likeness (QED) is 0.191. The molecule has 12 heteroatoms. The molecule has 1 aromatic heterocycles. The zero-order chi connectivity index (χ0) is 27.0. The van der Waals surface area contributed by atoms with Crippen LogP contribution in [-0.4, -0.2) is 63.9 Å². The van der Waals surface area contributed by atoms with Gasteiger partial charge >= 0.3 is 5.97 Å². The summed E-state index contributed by atoms with van der Waals surface area (Å²) in [6.45, 7) is 4.93. The summed E-state index contributed by atoms with van der Waals surface area (Å²) in [7, 11) is 0. The number of carbonyl (C=O) groups is 5. The van der Waals surface area contributed by atoms with Crippen LogP contribution in [0.4, 0.5) is 0 Å². The number of hydrogen-bond donors (Lipinski definition) is 7. The number of primary amides is 1. The van der Waals surface area contributed by atoms with Crippen LogP contribution >= 0.6 is 0 Å². The summed E-state index contributed by atoms with van der Waals surface area (Å²) in [6, 6.07) is 2.92. The number of hydrogen-bond acceptors (Lipinski definition) is 6. The number of rotatable bonds is 13. The van der Waals surface area contributed by atoms with Crippen LogP contribution in [0.15, 0.2) is 30.5 Å². The highest BCUT2D eigenvalue weighted by Gasteiger charge is 2.30. The third kappa shape index (κ3) is 7.80. The van der Waals surface area contributed by atoms with Crippen LogP contribution in [0.3, 0.4) is 0 Å². The second-order valence-electron chi connectivity index (χ2n) is 9.03. The molecule has 12 nitrogen and oxygen atoms in total. The molecule has 0 aliphatic rings. The van der Waals surface area contributed by atoms with E-state index in [9.17, 15) is 29.1 Å². The van der Waals surface area contributed by atoms with Gasteiger partial charge in [0.1, 0.15) is 18.1 Å². The van der Waals surface area contributed by atoms with Gasteiger partial charge in [-0.2, -0.15) is 0 Å². The van der Waals surface area contributed by atoms with Crippen molar-refractivity contribution in [2.45, 2.75) is 64.2 Å². The monoisotopic (exact) mass is 502 g/mol. The first-order chi connectivity index (χ1) is 16.9. The molecule has 1 aromatic carbocycles. The number of H-pyrrole nitrogens is 1. The molecule has 0 saturated carbocycles. The summed E-state index contributed by atoms with van der Waals surface area (Å²) in [5.74, 6) is -4.15. The maximum atomic E-state index is 13.0. The van der Waals surface area contributed by atoms with Gasteiger partial charge < -0.3 is 37.5 Å². The Bertz CT molecular complexity index is 1110. The van der Waals surface area contributed by atoms with Crippen molar-refractivity contribution in [2.24, 2.45) is 17.4 Å². The number of amides is 4. The predicted molar refractivity (Wildman–Crippen MR) is 132 cm³/mol. The Kier molecular flexibility index (Phi) is 9.97. The first-order valence-corrected chi connectivity index (χ1v) is 11.6. The Morgan fingerprint density at radius 2 is 1.58 bits per heavy atom. The molecule has 4 unspecified atom stereocenters. The first kappa shape index (κ1) is 28.3. The first-order valence-electron chi connectivity index (χ1n) is 11.6. The fraction of sp³-hybridized carbons (Fsp3) is 0.458. The van der Waals surface area contributed by atoms with Crippen molar-refractivity contribution in [2.75, 3.05) is 0 Å². The molecular formula is C24H34N6O6. The van der Waals surface area contributed by atoms with Gasteiger partial charge in [0.25, 0.3) is 0 Å². The second kappa shape index (κ2) is 12.7. The lowest BCUT2D eigenvalue weighted by atomic mass is 10.0. The van der Waals surface area contributed by atoms with Crippen molar-refractivity contribution >= 4 is 40.5 Å². The number of carboxylic acids is 1. The van der Waals surface area contributed by atoms with Crippen molar-refractivity contribution in [1.29, 1.82) is 0 Å². The standard InChI is InChI=1S/C24H34N6O6/c1-12(2)20(26)23(34)28-13(3)21(32)29-17(8-9-19(25)31)22(33)30-18(24(35)36)10-14-11-27-16-7-5-4-6-15(14)16/h4-7,11-13,17-18,20,27H,8-10,26H2,1-3H3,(H2,25,31)(H,28,34)(H,29,32)(H,30,33)(H,35,36). The van der Waals surface area contributed by atoms with E-state index in [1.807, 2.05) is 24.3 Å². The Morgan fingerprint density at radius 3 is 2.19 bits per heavy atom. The molecule has 0 aliphatic carbocycles. The normalized spacial score (nSPS) is 14.5. The van der Waals surface area contributed by atoms with Gasteiger partial charge in [0.2, 0.25) is 23.6 Å². The molecule has 4 amide bonds. The number of carboxylic acid groups (broad SMARTS) is 1. The Labute approximate surface area is 208 Å². The number of para-hydroxylation sites is 1. The molecule has 0 spiro atoms. The van der Waals surface area contributed by atoms with Crippen LogP contribution in [0.25, 0.3) is 10.9 Å². The number of aliphatic carboxylic acids is 1. The van der Waals surface area contributed by atoms with E-state index in [0.29, 0.717) is 5.56 Å². The van der Waals surface area contributed by atoms with Crippen LogP contribution in [0.2, 0.25) is 0 Å². The van der Waals surface area contributed by atoms with Gasteiger partial charge in [0.15, 0.2) is 0 Å². The smallest absolute Gasteiger partial charge is 0.326 e. The van der Waals surface area contributed by atoms with Crippen molar-refractivity contribution in [3.63, 3.8) is 0 Å². The van der Waals surface area contributed by atoms with Crippen LogP contribution in [0.5, 0.6) is 0 Å². The summed E-state index contributed by atoms with van der Waals surface area (Å²) in [6.07, 6.45) is 1.28. The molecule has 9 N–H and O–H groups in total. The van der Waals surface area contributed by atoms with E-state index in [1.54, 1.807) is 20.0 Å². The second-order valence-corrected chi connectivity index (χ2v) is 9.03. The van der Waals surface area contributed by atoms with E-state index in [1.165, 1.54) is 6.92 Å². The van der Waals surface area contributed by atoms with Gasteiger partial charge in [-0.1, -0.05) is 32.0 Å².